The van der Waals surface area contributed by atoms with Gasteiger partial charge in [0.1, 0.15) is 9.96 Å². The quantitative estimate of drug-likeness (QED) is 0.591. The van der Waals surface area contributed by atoms with E-state index < -0.39 is 10.0 Å². The van der Waals surface area contributed by atoms with Gasteiger partial charge >= 0.3 is 0 Å². The van der Waals surface area contributed by atoms with Crippen molar-refractivity contribution in [3.63, 3.8) is 0 Å². The number of piperidine rings is 1. The summed E-state index contributed by atoms with van der Waals surface area (Å²) in [5, 5.41) is 1.75. The number of hydrogen-bond acceptors (Lipinski definition) is 5. The van der Waals surface area contributed by atoms with Gasteiger partial charge in [-0.15, -0.1) is 11.3 Å². The van der Waals surface area contributed by atoms with Gasteiger partial charge in [-0.2, -0.15) is 0 Å². The molecule has 1 amide bonds. The van der Waals surface area contributed by atoms with E-state index in [1.54, 1.807) is 24.6 Å². The number of likely N-dealkylation sites (tertiary alicyclic amines) is 1. The third kappa shape index (κ3) is 4.46. The smallest absolute Gasteiger partial charge is 0.255 e. The van der Waals surface area contributed by atoms with Crippen LogP contribution in [0.1, 0.15) is 34.6 Å². The van der Waals surface area contributed by atoms with Crippen molar-refractivity contribution in [2.45, 2.75) is 36.9 Å². The van der Waals surface area contributed by atoms with Crippen molar-refractivity contribution in [3.05, 3.63) is 64.8 Å². The average Bonchev–Trinajstić information content (AvgIpc) is 3.43. The molecule has 0 aliphatic carbocycles. The Morgan fingerprint density at radius 3 is 2.41 bits per heavy atom. The molecule has 7 nitrogen and oxygen atoms in total. The van der Waals surface area contributed by atoms with E-state index in [-0.39, 0.29) is 11.9 Å². The number of amides is 1. The molecule has 0 atom stereocenters. The van der Waals surface area contributed by atoms with Crippen molar-refractivity contribution in [2.24, 2.45) is 0 Å². The molecule has 0 bridgehead atoms. The second-order valence-electron chi connectivity index (χ2n) is 7.94. The Morgan fingerprint density at radius 1 is 1.12 bits per heavy atom. The summed E-state index contributed by atoms with van der Waals surface area (Å²) in [6.45, 7) is 4.97. The van der Waals surface area contributed by atoms with Crippen molar-refractivity contribution in [3.8, 4) is 11.4 Å². The Hall–Kier alpha value is -2.62. The highest BCUT2D eigenvalue weighted by Gasteiger charge is 2.29. The van der Waals surface area contributed by atoms with Crippen LogP contribution in [0.4, 0.5) is 0 Å². The molecule has 32 heavy (non-hydrogen) atoms. The largest absolute Gasteiger partial charge is 0.497 e. The summed E-state index contributed by atoms with van der Waals surface area (Å²) in [4.78, 5) is 15.1. The van der Waals surface area contributed by atoms with E-state index in [0.717, 1.165) is 22.8 Å². The molecule has 1 saturated heterocycles. The van der Waals surface area contributed by atoms with Crippen LogP contribution in [0.2, 0.25) is 0 Å². The first-order chi connectivity index (χ1) is 15.3. The van der Waals surface area contributed by atoms with Gasteiger partial charge in [-0.3, -0.25) is 4.79 Å². The molecular weight excluding hydrogens is 446 g/mol. The Bertz CT molecular complexity index is 1190. The summed E-state index contributed by atoms with van der Waals surface area (Å²) in [7, 11) is -1.87. The normalized spacial score (nSPS) is 15.2. The van der Waals surface area contributed by atoms with Crippen LogP contribution in [0.5, 0.6) is 5.75 Å². The van der Waals surface area contributed by atoms with Crippen LogP contribution >= 0.6 is 11.3 Å². The summed E-state index contributed by atoms with van der Waals surface area (Å²) >= 11 is 1.20. The van der Waals surface area contributed by atoms with Crippen LogP contribution in [-0.2, 0) is 10.0 Å². The third-order valence-corrected chi connectivity index (χ3v) is 8.77. The van der Waals surface area contributed by atoms with E-state index in [0.29, 0.717) is 35.7 Å². The van der Waals surface area contributed by atoms with E-state index in [4.69, 9.17) is 4.74 Å². The first-order valence-corrected chi connectivity index (χ1v) is 12.8. The minimum atomic E-state index is -3.50. The zero-order valence-electron chi connectivity index (χ0n) is 18.4. The van der Waals surface area contributed by atoms with E-state index >= 15 is 0 Å². The molecule has 0 spiro atoms. The maximum Gasteiger partial charge on any atom is 0.255 e. The highest BCUT2D eigenvalue weighted by molar-refractivity contribution is 7.91. The van der Waals surface area contributed by atoms with Crippen LogP contribution in [0.15, 0.2) is 52.1 Å². The highest BCUT2D eigenvalue weighted by atomic mass is 32.2. The monoisotopic (exact) mass is 473 g/mol. The van der Waals surface area contributed by atoms with Crippen molar-refractivity contribution >= 4 is 27.3 Å². The molecule has 4 rings (SSSR count). The fourth-order valence-electron chi connectivity index (χ4n) is 4.17. The summed E-state index contributed by atoms with van der Waals surface area (Å²) in [6, 6.07) is 12.8. The second kappa shape index (κ2) is 9.09. The zero-order valence-corrected chi connectivity index (χ0v) is 20.0. The number of sulfonamides is 1. The SMILES string of the molecule is COc1ccc(-n2c(C)cc(C(=O)N3CCC(NS(=O)(=O)c4cccs4)CC3)c2C)cc1. The first-order valence-electron chi connectivity index (χ1n) is 10.5. The molecule has 1 aromatic carbocycles. The number of aryl methyl sites for hydroxylation is 1. The molecule has 0 saturated carbocycles. The van der Waals surface area contributed by atoms with E-state index in [2.05, 4.69) is 9.29 Å². The van der Waals surface area contributed by atoms with Gasteiger partial charge in [0, 0.05) is 36.2 Å². The van der Waals surface area contributed by atoms with Gasteiger partial charge in [0.25, 0.3) is 5.91 Å². The van der Waals surface area contributed by atoms with Crippen LogP contribution in [0.3, 0.4) is 0 Å². The number of benzene rings is 1. The Kier molecular flexibility index (Phi) is 6.41. The van der Waals surface area contributed by atoms with Crippen molar-refractivity contribution in [2.75, 3.05) is 20.2 Å². The molecule has 0 radical (unpaired) electrons. The predicted molar refractivity (Wildman–Crippen MR) is 125 cm³/mol. The van der Waals surface area contributed by atoms with Crippen LogP contribution in [0.25, 0.3) is 5.69 Å². The molecule has 3 heterocycles. The molecule has 1 aliphatic rings. The van der Waals surface area contributed by atoms with Crippen molar-refractivity contribution in [1.82, 2.24) is 14.2 Å². The highest BCUT2D eigenvalue weighted by Crippen LogP contribution is 2.25. The molecule has 170 valence electrons. The number of carbonyl (C=O) groups is 1. The minimum Gasteiger partial charge on any atom is -0.497 e. The Balaban J connectivity index is 1.44. The van der Waals surface area contributed by atoms with Gasteiger partial charge in [-0.1, -0.05) is 6.07 Å². The molecular formula is C23H27N3O4S2. The minimum absolute atomic E-state index is 0.0163. The average molecular weight is 474 g/mol. The standard InChI is InChI=1S/C23H27N3O4S2/c1-16-15-21(17(2)26(16)19-6-8-20(30-3)9-7-19)23(27)25-12-10-18(11-13-25)24-32(28,29)22-5-4-14-31-22/h4-9,14-15,18,24H,10-13H2,1-3H3. The number of nitrogens with zero attached hydrogens (tertiary/aromatic N) is 2. The molecule has 3 aromatic rings. The summed E-state index contributed by atoms with van der Waals surface area (Å²) in [5.74, 6) is 0.766. The van der Waals surface area contributed by atoms with Crippen LogP contribution in [0, 0.1) is 13.8 Å². The number of methoxy groups -OCH3 is 1. The summed E-state index contributed by atoms with van der Waals surface area (Å²) in [5.41, 5.74) is 3.52. The van der Waals surface area contributed by atoms with E-state index in [1.807, 2.05) is 49.1 Å². The van der Waals surface area contributed by atoms with Gasteiger partial charge in [0.05, 0.1) is 12.7 Å². The number of thiophene rings is 1. The molecule has 2 aromatic heterocycles. The lowest BCUT2D eigenvalue weighted by atomic mass is 10.0. The maximum absolute atomic E-state index is 13.3. The molecule has 1 N–H and O–H groups in total. The van der Waals surface area contributed by atoms with Crippen molar-refractivity contribution < 1.29 is 17.9 Å². The number of rotatable bonds is 6. The summed E-state index contributed by atoms with van der Waals surface area (Å²) in [6.07, 6.45) is 1.18. The molecule has 9 heteroatoms. The van der Waals surface area contributed by atoms with Gasteiger partial charge < -0.3 is 14.2 Å². The topological polar surface area (TPSA) is 80.6 Å². The number of hydrogen-bond donors (Lipinski definition) is 1. The third-order valence-electron chi connectivity index (χ3n) is 5.86. The first kappa shape index (κ1) is 22.6. The van der Waals surface area contributed by atoms with E-state index in [1.165, 1.54) is 11.3 Å². The van der Waals surface area contributed by atoms with Crippen LogP contribution < -0.4 is 9.46 Å². The van der Waals surface area contributed by atoms with Gasteiger partial charge in [-0.05, 0) is 68.5 Å². The van der Waals surface area contributed by atoms with E-state index in [9.17, 15) is 13.2 Å². The summed E-state index contributed by atoms with van der Waals surface area (Å²) < 4.78 is 35.3. The lowest BCUT2D eigenvalue weighted by Gasteiger charge is -2.32. The maximum atomic E-state index is 13.3. The fourth-order valence-corrected chi connectivity index (χ4v) is 6.49. The molecule has 0 unspecified atom stereocenters. The number of aromatic nitrogens is 1. The van der Waals surface area contributed by atoms with Gasteiger partial charge in [0.2, 0.25) is 10.0 Å². The number of carbonyl (C=O) groups excluding carboxylic acids is 1. The van der Waals surface area contributed by atoms with Gasteiger partial charge in [-0.25, -0.2) is 13.1 Å². The molecule has 1 fully saturated rings. The number of nitrogens with one attached hydrogen (secondary N) is 1. The Morgan fingerprint density at radius 2 is 1.81 bits per heavy atom. The Labute approximate surface area is 192 Å². The predicted octanol–water partition coefficient (Wildman–Crippen LogP) is 3.75. The van der Waals surface area contributed by atoms with Crippen molar-refractivity contribution in [1.29, 1.82) is 0 Å². The lowest BCUT2D eigenvalue weighted by molar-refractivity contribution is 0.0710. The van der Waals surface area contributed by atoms with Crippen LogP contribution in [-0.4, -0.2) is 50.0 Å². The second-order valence-corrected chi connectivity index (χ2v) is 10.8. The fraction of sp³-hybridized carbons (Fsp3) is 0.348. The van der Waals surface area contributed by atoms with Gasteiger partial charge in [0.15, 0.2) is 0 Å². The zero-order chi connectivity index (χ0) is 22.9. The lowest BCUT2D eigenvalue weighted by Crippen LogP contribution is -2.46. The number of ether oxygens (including phenoxy) is 1. The molecule has 1 aliphatic heterocycles.